The summed E-state index contributed by atoms with van der Waals surface area (Å²) >= 11 is 3.23. The third-order valence-corrected chi connectivity index (χ3v) is 4.76. The second-order valence-electron chi connectivity index (χ2n) is 5.49. The summed E-state index contributed by atoms with van der Waals surface area (Å²) in [6.45, 7) is 1.65. The van der Waals surface area contributed by atoms with Crippen molar-refractivity contribution in [3.05, 3.63) is 32.8 Å². The Morgan fingerprint density at radius 1 is 1.29 bits per heavy atom. The first-order valence-corrected chi connectivity index (χ1v) is 7.84. The lowest BCUT2D eigenvalue weighted by atomic mass is 9.91. The Labute approximate surface area is 131 Å². The normalized spacial score (nSPS) is 20.4. The lowest BCUT2D eigenvalue weighted by Gasteiger charge is -2.42. The van der Waals surface area contributed by atoms with Crippen LogP contribution < -0.4 is 4.90 Å². The largest absolute Gasteiger partial charge is 0.304 e. The van der Waals surface area contributed by atoms with E-state index in [0.717, 1.165) is 19.4 Å². The number of hydrogen-bond donors (Lipinski definition) is 0. The quantitative estimate of drug-likeness (QED) is 0.618. The molecule has 1 amide bonds. The zero-order chi connectivity index (χ0) is 15.0. The average Bonchev–Trinajstić information content (AvgIpc) is 2.37. The van der Waals surface area contributed by atoms with Crippen LogP contribution in [0.15, 0.2) is 22.7 Å². The molecule has 0 N–H and O–H groups in total. The van der Waals surface area contributed by atoms with E-state index in [2.05, 4.69) is 20.8 Å². The van der Waals surface area contributed by atoms with Crippen LogP contribution in [-0.2, 0) is 4.79 Å². The molecule has 2 fully saturated rings. The molecular formula is C14H16BrN3O3. The van der Waals surface area contributed by atoms with Crippen LogP contribution in [0.1, 0.15) is 19.3 Å². The maximum Gasteiger partial charge on any atom is 0.294 e. The van der Waals surface area contributed by atoms with Crippen molar-refractivity contribution in [3.8, 4) is 0 Å². The number of hydrogen-bond acceptors (Lipinski definition) is 4. The highest BCUT2D eigenvalue weighted by Gasteiger charge is 2.34. The second kappa shape index (κ2) is 5.73. The molecule has 0 radical (unpaired) electrons. The van der Waals surface area contributed by atoms with Gasteiger partial charge >= 0.3 is 0 Å². The molecule has 1 heterocycles. The molecular weight excluding hydrogens is 338 g/mol. The van der Waals surface area contributed by atoms with Crippen molar-refractivity contribution < 1.29 is 9.72 Å². The van der Waals surface area contributed by atoms with Gasteiger partial charge in [0.2, 0.25) is 5.91 Å². The van der Waals surface area contributed by atoms with E-state index >= 15 is 0 Å². The first-order chi connectivity index (χ1) is 10.1. The van der Waals surface area contributed by atoms with Crippen molar-refractivity contribution in [1.29, 1.82) is 0 Å². The number of nitro benzene ring substituents is 1. The van der Waals surface area contributed by atoms with Gasteiger partial charge in [-0.1, -0.05) is 22.4 Å². The van der Waals surface area contributed by atoms with Crippen molar-refractivity contribution in [2.24, 2.45) is 0 Å². The van der Waals surface area contributed by atoms with Crippen LogP contribution in [0.4, 0.5) is 11.4 Å². The van der Waals surface area contributed by atoms with E-state index in [1.54, 1.807) is 17.0 Å². The average molecular weight is 354 g/mol. The van der Waals surface area contributed by atoms with E-state index in [-0.39, 0.29) is 11.6 Å². The molecule has 2 aliphatic rings. The summed E-state index contributed by atoms with van der Waals surface area (Å²) in [5, 5.41) is 11.2. The Morgan fingerprint density at radius 3 is 2.62 bits per heavy atom. The molecule has 21 heavy (non-hydrogen) atoms. The summed E-state index contributed by atoms with van der Waals surface area (Å²) in [5.41, 5.74) is 0.358. The van der Waals surface area contributed by atoms with Gasteiger partial charge in [0.1, 0.15) is 5.69 Å². The zero-order valence-corrected chi connectivity index (χ0v) is 13.1. The molecule has 7 heteroatoms. The first kappa shape index (κ1) is 14.5. The van der Waals surface area contributed by atoms with Crippen LogP contribution in [0.5, 0.6) is 0 Å². The Hall–Kier alpha value is -1.47. The van der Waals surface area contributed by atoms with Gasteiger partial charge in [-0.05, 0) is 25.0 Å². The fourth-order valence-electron chi connectivity index (χ4n) is 2.88. The Kier molecular flexibility index (Phi) is 3.95. The summed E-state index contributed by atoms with van der Waals surface area (Å²) in [5.74, 6) is -0.0569. The number of carbonyl (C=O) groups is 1. The van der Waals surface area contributed by atoms with E-state index in [9.17, 15) is 14.9 Å². The van der Waals surface area contributed by atoms with Gasteiger partial charge in [0.25, 0.3) is 5.69 Å². The highest BCUT2D eigenvalue weighted by Crippen LogP contribution is 2.33. The molecule has 0 aromatic heterocycles. The predicted octanol–water partition coefficient (Wildman–Crippen LogP) is 2.56. The minimum Gasteiger partial charge on any atom is -0.304 e. The fraction of sp³-hybridized carbons (Fsp3) is 0.500. The monoisotopic (exact) mass is 353 g/mol. The van der Waals surface area contributed by atoms with Crippen LogP contribution in [0.2, 0.25) is 0 Å². The third kappa shape index (κ3) is 2.80. The lowest BCUT2D eigenvalue weighted by Crippen LogP contribution is -2.55. The number of amides is 1. The van der Waals surface area contributed by atoms with E-state index in [0.29, 0.717) is 29.3 Å². The van der Waals surface area contributed by atoms with Crippen LogP contribution in [-0.4, -0.2) is 41.4 Å². The Bertz CT molecular complexity index is 589. The van der Waals surface area contributed by atoms with Crippen LogP contribution in [0.25, 0.3) is 0 Å². The van der Waals surface area contributed by atoms with Gasteiger partial charge in [0, 0.05) is 29.7 Å². The van der Waals surface area contributed by atoms with Crippen molar-refractivity contribution in [1.82, 2.24) is 4.90 Å². The molecule has 1 saturated carbocycles. The van der Waals surface area contributed by atoms with Gasteiger partial charge in [0.15, 0.2) is 0 Å². The van der Waals surface area contributed by atoms with E-state index < -0.39 is 4.92 Å². The molecule has 0 bridgehead atoms. The molecule has 1 aromatic rings. The van der Waals surface area contributed by atoms with Gasteiger partial charge in [-0.2, -0.15) is 0 Å². The summed E-state index contributed by atoms with van der Waals surface area (Å²) in [6, 6.07) is 5.34. The number of anilines is 1. The lowest BCUT2D eigenvalue weighted by molar-refractivity contribution is -0.384. The van der Waals surface area contributed by atoms with Gasteiger partial charge in [0.05, 0.1) is 11.5 Å². The molecule has 0 atom stereocenters. The van der Waals surface area contributed by atoms with E-state index in [1.807, 2.05) is 0 Å². The van der Waals surface area contributed by atoms with Crippen molar-refractivity contribution in [2.75, 3.05) is 24.5 Å². The summed E-state index contributed by atoms with van der Waals surface area (Å²) < 4.78 is 0.638. The zero-order valence-electron chi connectivity index (χ0n) is 11.5. The standard InChI is InChI=1S/C14H16BrN3O3/c15-10-4-5-12(13(8-10)18(20)21)17-7-6-16(9-14(17)19)11-2-1-3-11/h4-5,8,11H,1-3,6-7,9H2. The number of carbonyl (C=O) groups excluding carboxylic acids is 1. The molecule has 1 aliphatic heterocycles. The van der Waals surface area contributed by atoms with Crippen molar-refractivity contribution in [2.45, 2.75) is 25.3 Å². The molecule has 1 saturated heterocycles. The number of piperazine rings is 1. The number of rotatable bonds is 3. The molecule has 6 nitrogen and oxygen atoms in total. The summed E-state index contributed by atoms with van der Waals surface area (Å²) in [4.78, 5) is 26.9. The van der Waals surface area contributed by atoms with Crippen molar-refractivity contribution >= 4 is 33.2 Å². The van der Waals surface area contributed by atoms with E-state index in [4.69, 9.17) is 0 Å². The topological polar surface area (TPSA) is 66.7 Å². The van der Waals surface area contributed by atoms with Crippen LogP contribution >= 0.6 is 15.9 Å². The van der Waals surface area contributed by atoms with Gasteiger partial charge in [-0.25, -0.2) is 0 Å². The highest BCUT2D eigenvalue weighted by atomic mass is 79.9. The number of benzene rings is 1. The van der Waals surface area contributed by atoms with Crippen molar-refractivity contribution in [3.63, 3.8) is 0 Å². The molecule has 1 aliphatic carbocycles. The fourth-order valence-corrected chi connectivity index (χ4v) is 3.23. The molecule has 0 spiro atoms. The minimum absolute atomic E-state index is 0.0326. The highest BCUT2D eigenvalue weighted by molar-refractivity contribution is 9.10. The van der Waals surface area contributed by atoms with Gasteiger partial charge < -0.3 is 4.90 Å². The predicted molar refractivity (Wildman–Crippen MR) is 82.4 cm³/mol. The van der Waals surface area contributed by atoms with Crippen LogP contribution in [0.3, 0.4) is 0 Å². The second-order valence-corrected chi connectivity index (χ2v) is 6.41. The maximum absolute atomic E-state index is 12.4. The number of halogens is 1. The minimum atomic E-state index is -0.439. The van der Waals surface area contributed by atoms with Crippen LogP contribution in [0, 0.1) is 10.1 Å². The maximum atomic E-state index is 12.4. The SMILES string of the molecule is O=C1CN(C2CCC2)CCN1c1ccc(Br)cc1[N+](=O)[O-]. The van der Waals surface area contributed by atoms with Gasteiger partial charge in [-0.15, -0.1) is 0 Å². The molecule has 3 rings (SSSR count). The summed E-state index contributed by atoms with van der Waals surface area (Å²) in [6.07, 6.45) is 3.55. The van der Waals surface area contributed by atoms with E-state index in [1.165, 1.54) is 12.5 Å². The van der Waals surface area contributed by atoms with Gasteiger partial charge in [-0.3, -0.25) is 19.8 Å². The summed E-state index contributed by atoms with van der Waals surface area (Å²) in [7, 11) is 0. The Balaban J connectivity index is 1.81. The third-order valence-electron chi connectivity index (χ3n) is 4.27. The molecule has 0 unspecified atom stereocenters. The molecule has 1 aromatic carbocycles. The Morgan fingerprint density at radius 2 is 2.05 bits per heavy atom. The smallest absolute Gasteiger partial charge is 0.294 e. The first-order valence-electron chi connectivity index (χ1n) is 7.04. The molecule has 112 valence electrons. The number of nitro groups is 1. The number of nitrogens with zero attached hydrogens (tertiary/aromatic N) is 3.